The Labute approximate surface area is 182 Å². The van der Waals surface area contributed by atoms with E-state index >= 15 is 0 Å². The molecule has 11 heteroatoms. The van der Waals surface area contributed by atoms with E-state index in [1.807, 2.05) is 12.3 Å². The second-order valence-electron chi connectivity index (χ2n) is 6.19. The third-order valence-electron chi connectivity index (χ3n) is 4.52. The maximum atomic E-state index is 12.9. The fraction of sp³-hybridized carbons (Fsp3) is 0.333. The molecule has 0 radical (unpaired) electrons. The average Bonchev–Trinajstić information content (AvgIpc) is 3.24. The van der Waals surface area contributed by atoms with Gasteiger partial charge in [0.1, 0.15) is 4.21 Å². The molecule has 2 aromatic rings. The zero-order valence-corrected chi connectivity index (χ0v) is 19.0. The lowest BCUT2D eigenvalue weighted by Crippen LogP contribution is -2.50. The standard InChI is InChI=1S/C18H19ClN2O5S3/c1-26-18(23)12-9-16(28-11-12)29(24,25)21-7-5-20(6-8-21)17(22)14-10-13(27-2)3-4-15(14)19/h3-4,9-11H,5-8H2,1-2H3. The Hall–Kier alpha value is -1.59. The molecule has 0 unspecified atom stereocenters. The quantitative estimate of drug-likeness (QED) is 0.489. The Balaban J connectivity index is 1.70. The number of rotatable bonds is 5. The number of carbonyl (C=O) groups is 2. The highest BCUT2D eigenvalue weighted by atomic mass is 35.5. The van der Waals surface area contributed by atoms with Crippen molar-refractivity contribution in [2.75, 3.05) is 39.5 Å². The Bertz CT molecular complexity index is 1030. The second-order valence-corrected chi connectivity index (χ2v) is 10.6. The molecule has 0 aliphatic carbocycles. The number of hydrogen-bond donors (Lipinski definition) is 0. The SMILES string of the molecule is COC(=O)c1csc(S(=O)(=O)N2CCN(C(=O)c3cc(SC)ccc3Cl)CC2)c1. The van der Waals surface area contributed by atoms with E-state index in [-0.39, 0.29) is 41.9 Å². The normalized spacial score (nSPS) is 15.3. The lowest BCUT2D eigenvalue weighted by molar-refractivity contribution is 0.0600. The van der Waals surface area contributed by atoms with Crippen molar-refractivity contribution in [3.8, 4) is 0 Å². The molecule has 0 bridgehead atoms. The number of esters is 1. The van der Waals surface area contributed by atoms with E-state index in [0.717, 1.165) is 16.2 Å². The first kappa shape index (κ1) is 22.1. The van der Waals surface area contributed by atoms with E-state index in [2.05, 4.69) is 4.74 Å². The van der Waals surface area contributed by atoms with Gasteiger partial charge in [0.25, 0.3) is 15.9 Å². The third-order valence-corrected chi connectivity index (χ3v) is 8.89. The Kier molecular flexibility index (Phi) is 6.90. The molecular weight excluding hydrogens is 456 g/mol. The van der Waals surface area contributed by atoms with Gasteiger partial charge in [-0.25, -0.2) is 13.2 Å². The highest BCUT2D eigenvalue weighted by molar-refractivity contribution is 7.98. The van der Waals surface area contributed by atoms with Crippen LogP contribution in [0.2, 0.25) is 5.02 Å². The number of carbonyl (C=O) groups excluding carboxylic acids is 2. The molecule has 3 rings (SSSR count). The predicted molar refractivity (Wildman–Crippen MR) is 114 cm³/mol. The topological polar surface area (TPSA) is 84.0 Å². The van der Waals surface area contributed by atoms with E-state index in [0.29, 0.717) is 10.6 Å². The fourth-order valence-electron chi connectivity index (χ4n) is 2.90. The van der Waals surface area contributed by atoms with Crippen molar-refractivity contribution in [3.63, 3.8) is 0 Å². The molecule has 1 fully saturated rings. The smallest absolute Gasteiger partial charge is 0.338 e. The molecule has 0 N–H and O–H groups in total. The molecule has 7 nitrogen and oxygen atoms in total. The van der Waals surface area contributed by atoms with Crippen LogP contribution in [0.1, 0.15) is 20.7 Å². The van der Waals surface area contributed by atoms with Crippen LogP contribution >= 0.6 is 34.7 Å². The summed E-state index contributed by atoms with van der Waals surface area (Å²) in [7, 11) is -2.50. The molecule has 0 atom stereocenters. The molecular formula is C18H19ClN2O5S3. The van der Waals surface area contributed by atoms with Gasteiger partial charge in [0.2, 0.25) is 0 Å². The van der Waals surface area contributed by atoms with Gasteiger partial charge in [-0.05, 0) is 30.5 Å². The third kappa shape index (κ3) is 4.61. The number of amides is 1. The maximum absolute atomic E-state index is 12.9. The number of piperazine rings is 1. The largest absolute Gasteiger partial charge is 0.465 e. The van der Waals surface area contributed by atoms with Gasteiger partial charge in [0, 0.05) is 36.5 Å². The van der Waals surface area contributed by atoms with Gasteiger partial charge in [-0.2, -0.15) is 4.31 Å². The average molecular weight is 475 g/mol. The molecule has 156 valence electrons. The van der Waals surface area contributed by atoms with Crippen molar-refractivity contribution in [1.29, 1.82) is 0 Å². The summed E-state index contributed by atoms with van der Waals surface area (Å²) >= 11 is 8.68. The maximum Gasteiger partial charge on any atom is 0.338 e. The first-order chi connectivity index (χ1) is 13.8. The molecule has 1 aromatic carbocycles. The minimum atomic E-state index is -3.74. The van der Waals surface area contributed by atoms with Crippen molar-refractivity contribution in [2.45, 2.75) is 9.10 Å². The lowest BCUT2D eigenvalue weighted by atomic mass is 10.2. The molecule has 1 aromatic heterocycles. The molecule has 1 aliphatic heterocycles. The second kappa shape index (κ2) is 9.05. The van der Waals surface area contributed by atoms with Crippen LogP contribution in [-0.4, -0.2) is 69.0 Å². The molecule has 0 saturated carbocycles. The van der Waals surface area contributed by atoms with Gasteiger partial charge >= 0.3 is 5.97 Å². The summed E-state index contributed by atoms with van der Waals surface area (Å²) in [6, 6.07) is 6.60. The highest BCUT2D eigenvalue weighted by Crippen LogP contribution is 2.27. The van der Waals surface area contributed by atoms with Gasteiger partial charge < -0.3 is 9.64 Å². The number of nitrogens with zero attached hydrogens (tertiary/aromatic N) is 2. The summed E-state index contributed by atoms with van der Waals surface area (Å²) < 4.78 is 31.7. The molecule has 29 heavy (non-hydrogen) atoms. The van der Waals surface area contributed by atoms with Gasteiger partial charge in [-0.3, -0.25) is 4.79 Å². The van der Waals surface area contributed by atoms with E-state index in [1.54, 1.807) is 17.0 Å². The first-order valence-corrected chi connectivity index (χ1v) is 12.5. The van der Waals surface area contributed by atoms with E-state index < -0.39 is 16.0 Å². The zero-order chi connectivity index (χ0) is 21.2. The summed E-state index contributed by atoms with van der Waals surface area (Å²) in [6.07, 6.45) is 1.91. The van der Waals surface area contributed by atoms with Gasteiger partial charge in [0.15, 0.2) is 0 Å². The predicted octanol–water partition coefficient (Wildman–Crippen LogP) is 3.06. The molecule has 1 aliphatic rings. The summed E-state index contributed by atoms with van der Waals surface area (Å²) in [4.78, 5) is 26.9. The van der Waals surface area contributed by atoms with Crippen LogP contribution in [0.25, 0.3) is 0 Å². The molecule has 1 amide bonds. The first-order valence-electron chi connectivity index (χ1n) is 8.57. The number of thiophene rings is 1. The monoisotopic (exact) mass is 474 g/mol. The summed E-state index contributed by atoms with van der Waals surface area (Å²) in [6.45, 7) is 0.846. The number of thioether (sulfide) groups is 1. The molecule has 2 heterocycles. The lowest BCUT2D eigenvalue weighted by Gasteiger charge is -2.34. The number of halogens is 1. The summed E-state index contributed by atoms with van der Waals surface area (Å²) in [5, 5.41) is 1.83. The van der Waals surface area contributed by atoms with E-state index in [4.69, 9.17) is 11.6 Å². The number of ether oxygens (including phenoxy) is 1. The van der Waals surface area contributed by atoms with Crippen molar-refractivity contribution in [1.82, 2.24) is 9.21 Å². The Morgan fingerprint density at radius 3 is 2.48 bits per heavy atom. The molecule has 1 saturated heterocycles. The van der Waals surface area contributed by atoms with Gasteiger partial charge in [0.05, 0.1) is 23.3 Å². The van der Waals surface area contributed by atoms with Crippen molar-refractivity contribution >= 4 is 56.6 Å². The van der Waals surface area contributed by atoms with E-state index in [1.165, 1.54) is 34.6 Å². The Morgan fingerprint density at radius 2 is 1.86 bits per heavy atom. The van der Waals surface area contributed by atoms with Crippen LogP contribution in [0, 0.1) is 0 Å². The zero-order valence-electron chi connectivity index (χ0n) is 15.8. The van der Waals surface area contributed by atoms with Crippen LogP contribution in [0.4, 0.5) is 0 Å². The van der Waals surface area contributed by atoms with Gasteiger partial charge in [-0.15, -0.1) is 23.1 Å². The van der Waals surface area contributed by atoms with Crippen LogP contribution in [0.3, 0.4) is 0 Å². The summed E-state index contributed by atoms with van der Waals surface area (Å²) in [5.41, 5.74) is 0.615. The number of hydrogen-bond acceptors (Lipinski definition) is 7. The minimum absolute atomic E-state index is 0.0772. The molecule has 0 spiro atoms. The highest BCUT2D eigenvalue weighted by Gasteiger charge is 2.32. The van der Waals surface area contributed by atoms with Crippen LogP contribution in [-0.2, 0) is 14.8 Å². The van der Waals surface area contributed by atoms with Crippen molar-refractivity contribution in [2.24, 2.45) is 0 Å². The van der Waals surface area contributed by atoms with Gasteiger partial charge in [-0.1, -0.05) is 11.6 Å². The van der Waals surface area contributed by atoms with Crippen LogP contribution < -0.4 is 0 Å². The number of sulfonamides is 1. The Morgan fingerprint density at radius 1 is 1.17 bits per heavy atom. The minimum Gasteiger partial charge on any atom is -0.465 e. The number of methoxy groups -OCH3 is 1. The van der Waals surface area contributed by atoms with Crippen molar-refractivity contribution in [3.05, 3.63) is 45.8 Å². The fourth-order valence-corrected chi connectivity index (χ4v) is 6.26. The summed E-state index contributed by atoms with van der Waals surface area (Å²) in [5.74, 6) is -0.797. The van der Waals surface area contributed by atoms with Crippen LogP contribution in [0.5, 0.6) is 0 Å². The van der Waals surface area contributed by atoms with Crippen LogP contribution in [0.15, 0.2) is 38.8 Å². The number of benzene rings is 1. The van der Waals surface area contributed by atoms with E-state index in [9.17, 15) is 18.0 Å². The van der Waals surface area contributed by atoms with Crippen molar-refractivity contribution < 1.29 is 22.7 Å².